The number of likely N-dealkylation sites (tertiary alicyclic amines) is 1. The Bertz CT molecular complexity index is 397. The van der Waals surface area contributed by atoms with Gasteiger partial charge in [-0.2, -0.15) is 0 Å². The first-order valence-corrected chi connectivity index (χ1v) is 6.79. The van der Waals surface area contributed by atoms with Crippen LogP contribution < -0.4 is 5.32 Å². The van der Waals surface area contributed by atoms with Gasteiger partial charge in [-0.1, -0.05) is 6.92 Å². The third-order valence-corrected chi connectivity index (χ3v) is 3.48. The molecule has 1 saturated heterocycles. The number of carboxylic acid groups (broad SMARTS) is 1. The smallest absolute Gasteiger partial charge is 0.317 e. The molecule has 0 aromatic carbocycles. The van der Waals surface area contributed by atoms with Crippen molar-refractivity contribution in [1.82, 2.24) is 15.1 Å². The van der Waals surface area contributed by atoms with Crippen LogP contribution in [0.5, 0.6) is 0 Å². The molecule has 20 heavy (non-hydrogen) atoms. The van der Waals surface area contributed by atoms with Gasteiger partial charge in [0, 0.05) is 26.2 Å². The Morgan fingerprint density at radius 2 is 2.05 bits per heavy atom. The maximum atomic E-state index is 12.0. The van der Waals surface area contributed by atoms with Crippen LogP contribution in [0.25, 0.3) is 0 Å². The minimum Gasteiger partial charge on any atom is -0.481 e. The van der Waals surface area contributed by atoms with Crippen LogP contribution in [-0.2, 0) is 9.59 Å². The lowest BCUT2D eigenvalue weighted by Crippen LogP contribution is -2.48. The second kappa shape index (κ2) is 6.58. The Kier molecular flexibility index (Phi) is 5.35. The summed E-state index contributed by atoms with van der Waals surface area (Å²) < 4.78 is 0. The lowest BCUT2D eigenvalue weighted by Gasteiger charge is -2.23. The van der Waals surface area contributed by atoms with Crippen molar-refractivity contribution >= 4 is 17.9 Å². The molecular weight excluding hydrogens is 262 g/mol. The van der Waals surface area contributed by atoms with Crippen LogP contribution in [0.1, 0.15) is 27.2 Å². The Morgan fingerprint density at radius 3 is 2.50 bits per heavy atom. The van der Waals surface area contributed by atoms with Crippen LogP contribution in [0.15, 0.2) is 0 Å². The molecule has 2 N–H and O–H groups in total. The lowest BCUT2D eigenvalue weighted by atomic mass is 10.2. The zero-order chi connectivity index (χ0) is 15.4. The third-order valence-electron chi connectivity index (χ3n) is 3.48. The highest BCUT2D eigenvalue weighted by molar-refractivity contribution is 5.88. The largest absolute Gasteiger partial charge is 0.481 e. The van der Waals surface area contributed by atoms with E-state index in [9.17, 15) is 14.4 Å². The SMILES string of the molecule is CC(CN(C)C(=O)NC1CCN(C(C)C)C1=O)C(=O)O. The van der Waals surface area contributed by atoms with Gasteiger partial charge in [-0.15, -0.1) is 0 Å². The number of aliphatic carboxylic acids is 1. The summed E-state index contributed by atoms with van der Waals surface area (Å²) in [4.78, 5) is 37.7. The van der Waals surface area contributed by atoms with Gasteiger partial charge >= 0.3 is 12.0 Å². The molecule has 0 aromatic rings. The number of amides is 3. The van der Waals surface area contributed by atoms with Crippen molar-refractivity contribution in [2.75, 3.05) is 20.1 Å². The van der Waals surface area contributed by atoms with Crippen LogP contribution >= 0.6 is 0 Å². The molecule has 0 radical (unpaired) electrons. The van der Waals surface area contributed by atoms with Crippen molar-refractivity contribution in [3.05, 3.63) is 0 Å². The van der Waals surface area contributed by atoms with Crippen LogP contribution in [0.3, 0.4) is 0 Å². The number of nitrogens with one attached hydrogen (secondary N) is 1. The van der Waals surface area contributed by atoms with Crippen molar-refractivity contribution in [1.29, 1.82) is 0 Å². The van der Waals surface area contributed by atoms with E-state index in [0.717, 1.165) is 0 Å². The van der Waals surface area contributed by atoms with Crippen molar-refractivity contribution in [2.24, 2.45) is 5.92 Å². The number of hydrogen-bond acceptors (Lipinski definition) is 3. The molecule has 7 nitrogen and oxygen atoms in total. The average Bonchev–Trinajstić information content (AvgIpc) is 2.70. The fourth-order valence-corrected chi connectivity index (χ4v) is 2.18. The summed E-state index contributed by atoms with van der Waals surface area (Å²) in [6, 6.07) is -0.802. The number of carbonyl (C=O) groups excluding carboxylic acids is 2. The monoisotopic (exact) mass is 285 g/mol. The van der Waals surface area contributed by atoms with E-state index in [2.05, 4.69) is 5.32 Å². The first-order valence-electron chi connectivity index (χ1n) is 6.79. The fraction of sp³-hybridized carbons (Fsp3) is 0.769. The molecule has 1 fully saturated rings. The summed E-state index contributed by atoms with van der Waals surface area (Å²) in [7, 11) is 1.52. The van der Waals surface area contributed by atoms with Crippen molar-refractivity contribution in [3.8, 4) is 0 Å². The van der Waals surface area contributed by atoms with Gasteiger partial charge in [-0.3, -0.25) is 9.59 Å². The number of nitrogens with zero attached hydrogens (tertiary/aromatic N) is 2. The molecule has 1 aliphatic heterocycles. The molecule has 0 aliphatic carbocycles. The lowest BCUT2D eigenvalue weighted by molar-refractivity contribution is -0.141. The van der Waals surface area contributed by atoms with Gasteiger partial charge in [0.2, 0.25) is 5.91 Å². The van der Waals surface area contributed by atoms with Gasteiger partial charge in [0.15, 0.2) is 0 Å². The molecule has 0 spiro atoms. The molecular formula is C13H23N3O4. The first kappa shape index (κ1) is 16.3. The number of carboxylic acids is 1. The van der Waals surface area contributed by atoms with Gasteiger partial charge < -0.3 is 20.2 Å². The number of rotatable bonds is 5. The maximum absolute atomic E-state index is 12.0. The molecule has 3 amide bonds. The van der Waals surface area contributed by atoms with E-state index in [-0.39, 0.29) is 18.5 Å². The minimum atomic E-state index is -0.951. The number of carbonyl (C=O) groups is 3. The summed E-state index contributed by atoms with van der Waals surface area (Å²) in [6.45, 7) is 6.14. The van der Waals surface area contributed by atoms with Crippen LogP contribution in [0.4, 0.5) is 4.79 Å². The minimum absolute atomic E-state index is 0.0759. The number of hydrogen-bond donors (Lipinski definition) is 2. The van der Waals surface area contributed by atoms with E-state index >= 15 is 0 Å². The van der Waals surface area contributed by atoms with E-state index in [0.29, 0.717) is 13.0 Å². The normalized spacial score (nSPS) is 20.1. The third kappa shape index (κ3) is 3.85. The van der Waals surface area contributed by atoms with E-state index in [1.165, 1.54) is 18.9 Å². The second-order valence-electron chi connectivity index (χ2n) is 5.54. The summed E-state index contributed by atoms with van der Waals surface area (Å²) in [5.41, 5.74) is 0. The van der Waals surface area contributed by atoms with E-state index < -0.39 is 24.0 Å². The standard InChI is InChI=1S/C13H23N3O4/c1-8(2)16-6-5-10(11(16)17)14-13(20)15(4)7-9(3)12(18)19/h8-10H,5-7H2,1-4H3,(H,14,20)(H,18,19). The van der Waals surface area contributed by atoms with E-state index in [1.54, 1.807) is 4.90 Å². The molecule has 1 aliphatic rings. The van der Waals surface area contributed by atoms with E-state index in [1.807, 2.05) is 13.8 Å². The second-order valence-corrected chi connectivity index (χ2v) is 5.54. The molecule has 0 bridgehead atoms. The molecule has 0 aromatic heterocycles. The average molecular weight is 285 g/mol. The zero-order valence-corrected chi connectivity index (χ0v) is 12.4. The molecule has 7 heteroatoms. The van der Waals surface area contributed by atoms with Crippen molar-refractivity contribution < 1.29 is 19.5 Å². The molecule has 2 unspecified atom stereocenters. The molecule has 0 saturated carbocycles. The van der Waals surface area contributed by atoms with Gasteiger partial charge in [-0.05, 0) is 20.3 Å². The molecule has 1 heterocycles. The zero-order valence-electron chi connectivity index (χ0n) is 12.4. The maximum Gasteiger partial charge on any atom is 0.317 e. The highest BCUT2D eigenvalue weighted by Gasteiger charge is 2.34. The van der Waals surface area contributed by atoms with Gasteiger partial charge in [0.1, 0.15) is 6.04 Å². The Morgan fingerprint density at radius 1 is 1.45 bits per heavy atom. The Labute approximate surface area is 118 Å². The Hall–Kier alpha value is -1.79. The van der Waals surface area contributed by atoms with Gasteiger partial charge in [0.05, 0.1) is 5.92 Å². The number of urea groups is 1. The molecule has 114 valence electrons. The van der Waals surface area contributed by atoms with Crippen molar-refractivity contribution in [3.63, 3.8) is 0 Å². The summed E-state index contributed by atoms with van der Waals surface area (Å²) in [6.07, 6.45) is 0.588. The first-order chi connectivity index (χ1) is 9.23. The highest BCUT2D eigenvalue weighted by Crippen LogP contribution is 2.14. The predicted octanol–water partition coefficient (Wildman–Crippen LogP) is 0.358. The summed E-state index contributed by atoms with van der Waals surface area (Å²) >= 11 is 0. The fourth-order valence-electron chi connectivity index (χ4n) is 2.18. The van der Waals surface area contributed by atoms with E-state index in [4.69, 9.17) is 5.11 Å². The molecule has 2 atom stereocenters. The highest BCUT2D eigenvalue weighted by atomic mass is 16.4. The van der Waals surface area contributed by atoms with Gasteiger partial charge in [-0.25, -0.2) is 4.79 Å². The quantitative estimate of drug-likeness (QED) is 0.763. The Balaban J connectivity index is 2.51. The van der Waals surface area contributed by atoms with Gasteiger partial charge in [0.25, 0.3) is 0 Å². The summed E-state index contributed by atoms with van der Waals surface area (Å²) in [5.74, 6) is -1.67. The predicted molar refractivity (Wildman–Crippen MR) is 73.2 cm³/mol. The van der Waals surface area contributed by atoms with Crippen LogP contribution in [0, 0.1) is 5.92 Å². The van der Waals surface area contributed by atoms with Crippen LogP contribution in [0.2, 0.25) is 0 Å². The summed E-state index contributed by atoms with van der Waals surface area (Å²) in [5, 5.41) is 11.5. The van der Waals surface area contributed by atoms with Crippen LogP contribution in [-0.4, -0.2) is 65.0 Å². The molecule has 1 rings (SSSR count). The topological polar surface area (TPSA) is 90.0 Å². The van der Waals surface area contributed by atoms with Crippen molar-refractivity contribution in [2.45, 2.75) is 39.3 Å².